The normalized spacial score (nSPS) is 10.2. The largest absolute Gasteiger partial charge is 0.384 e. The van der Waals surface area contributed by atoms with Gasteiger partial charge >= 0.3 is 0 Å². The number of rotatable bonds is 2. The van der Waals surface area contributed by atoms with Gasteiger partial charge in [-0.2, -0.15) is 5.26 Å². The first-order valence-electron chi connectivity index (χ1n) is 4.90. The molecule has 0 amide bonds. The summed E-state index contributed by atoms with van der Waals surface area (Å²) in [6.45, 7) is 0.296. The number of hydrogen-bond acceptors (Lipinski definition) is 2. The summed E-state index contributed by atoms with van der Waals surface area (Å²) in [5.41, 5.74) is 6.65. The van der Waals surface area contributed by atoms with Crippen LogP contribution in [0, 0.1) is 23.0 Å². The zero-order chi connectivity index (χ0) is 12.4. The van der Waals surface area contributed by atoms with Crippen LogP contribution < -0.4 is 5.73 Å². The number of nitrogen functional groups attached to an aromatic ring is 1. The Labute approximate surface area is 96.7 Å². The van der Waals surface area contributed by atoms with Crippen LogP contribution in [0.3, 0.4) is 0 Å². The minimum absolute atomic E-state index is 0.296. The Morgan fingerprint density at radius 3 is 2.59 bits per heavy atom. The Bertz CT molecular complexity index is 596. The Kier molecular flexibility index (Phi) is 2.79. The standard InChI is InChI=1S/C12H9F2N3/c13-10-2-1-8(5-11(10)14)7-17-4-3-9(6-15)12(17)16/h1-5H,7,16H2. The molecule has 0 bridgehead atoms. The predicted octanol–water partition coefficient (Wildman–Crippen LogP) is 2.27. The van der Waals surface area contributed by atoms with E-state index in [4.69, 9.17) is 11.0 Å². The third kappa shape index (κ3) is 2.11. The summed E-state index contributed by atoms with van der Waals surface area (Å²) in [5, 5.41) is 8.73. The molecule has 0 fully saturated rings. The molecule has 1 aromatic carbocycles. The Morgan fingerprint density at radius 1 is 1.24 bits per heavy atom. The third-order valence-electron chi connectivity index (χ3n) is 2.46. The van der Waals surface area contributed by atoms with E-state index in [1.54, 1.807) is 16.8 Å². The molecule has 0 saturated carbocycles. The highest BCUT2D eigenvalue weighted by Crippen LogP contribution is 2.16. The lowest BCUT2D eigenvalue weighted by molar-refractivity contribution is 0.506. The van der Waals surface area contributed by atoms with Crippen molar-refractivity contribution in [1.29, 1.82) is 5.26 Å². The van der Waals surface area contributed by atoms with Crippen LogP contribution in [-0.2, 0) is 6.54 Å². The van der Waals surface area contributed by atoms with Gasteiger partial charge in [-0.1, -0.05) is 6.07 Å². The average molecular weight is 233 g/mol. The molecule has 0 aliphatic rings. The van der Waals surface area contributed by atoms with Gasteiger partial charge in [-0.15, -0.1) is 0 Å². The lowest BCUT2D eigenvalue weighted by Crippen LogP contribution is -2.04. The number of nitriles is 1. The number of halogens is 2. The van der Waals surface area contributed by atoms with E-state index in [0.717, 1.165) is 12.1 Å². The molecule has 0 unspecified atom stereocenters. The topological polar surface area (TPSA) is 54.7 Å². The molecule has 3 nitrogen and oxygen atoms in total. The molecule has 17 heavy (non-hydrogen) atoms. The van der Waals surface area contributed by atoms with E-state index >= 15 is 0 Å². The summed E-state index contributed by atoms with van der Waals surface area (Å²) in [5.74, 6) is -1.46. The van der Waals surface area contributed by atoms with E-state index < -0.39 is 11.6 Å². The average Bonchev–Trinajstić information content (AvgIpc) is 2.65. The number of nitrogens with two attached hydrogens (primary N) is 1. The Morgan fingerprint density at radius 2 is 2.00 bits per heavy atom. The second-order valence-corrected chi connectivity index (χ2v) is 3.60. The maximum Gasteiger partial charge on any atom is 0.159 e. The summed E-state index contributed by atoms with van der Waals surface area (Å²) in [6.07, 6.45) is 1.63. The van der Waals surface area contributed by atoms with Crippen molar-refractivity contribution in [2.75, 3.05) is 5.73 Å². The highest BCUT2D eigenvalue weighted by molar-refractivity contribution is 5.50. The molecule has 0 spiro atoms. The number of hydrogen-bond donors (Lipinski definition) is 1. The van der Waals surface area contributed by atoms with E-state index in [2.05, 4.69) is 0 Å². The van der Waals surface area contributed by atoms with Crippen molar-refractivity contribution in [1.82, 2.24) is 4.57 Å². The highest BCUT2D eigenvalue weighted by Gasteiger charge is 2.07. The van der Waals surface area contributed by atoms with Gasteiger partial charge in [-0.3, -0.25) is 0 Å². The molecular formula is C12H9F2N3. The van der Waals surface area contributed by atoms with Crippen molar-refractivity contribution >= 4 is 5.82 Å². The van der Waals surface area contributed by atoms with Gasteiger partial charge in [0.05, 0.1) is 5.56 Å². The summed E-state index contributed by atoms with van der Waals surface area (Å²) >= 11 is 0. The molecule has 0 saturated heterocycles. The number of benzene rings is 1. The van der Waals surface area contributed by atoms with E-state index in [-0.39, 0.29) is 0 Å². The summed E-state index contributed by atoms with van der Waals surface area (Å²) in [4.78, 5) is 0. The molecule has 1 aromatic heterocycles. The van der Waals surface area contributed by atoms with Crippen molar-refractivity contribution in [3.8, 4) is 6.07 Å². The van der Waals surface area contributed by atoms with Crippen LogP contribution >= 0.6 is 0 Å². The smallest absolute Gasteiger partial charge is 0.159 e. The van der Waals surface area contributed by atoms with Crippen LogP contribution in [0.4, 0.5) is 14.6 Å². The molecule has 0 aliphatic carbocycles. The molecule has 0 aliphatic heterocycles. The Hall–Kier alpha value is -2.35. The van der Waals surface area contributed by atoms with Crippen LogP contribution in [-0.4, -0.2) is 4.57 Å². The SMILES string of the molecule is N#Cc1ccn(Cc2ccc(F)c(F)c2)c1N. The fourth-order valence-corrected chi connectivity index (χ4v) is 1.55. The van der Waals surface area contributed by atoms with Crippen LogP contribution in [0.15, 0.2) is 30.5 Å². The predicted molar refractivity (Wildman–Crippen MR) is 59.0 cm³/mol. The second-order valence-electron chi connectivity index (χ2n) is 3.60. The zero-order valence-corrected chi connectivity index (χ0v) is 8.82. The zero-order valence-electron chi connectivity index (χ0n) is 8.82. The van der Waals surface area contributed by atoms with E-state index in [1.165, 1.54) is 6.07 Å². The van der Waals surface area contributed by atoms with Gasteiger partial charge in [0.15, 0.2) is 11.6 Å². The van der Waals surface area contributed by atoms with Crippen molar-refractivity contribution < 1.29 is 8.78 Å². The van der Waals surface area contributed by atoms with Gasteiger partial charge in [0.1, 0.15) is 11.9 Å². The van der Waals surface area contributed by atoms with E-state index in [0.29, 0.717) is 23.5 Å². The van der Waals surface area contributed by atoms with E-state index in [9.17, 15) is 8.78 Å². The molecule has 5 heteroatoms. The van der Waals surface area contributed by atoms with Crippen molar-refractivity contribution in [2.45, 2.75) is 6.54 Å². The highest BCUT2D eigenvalue weighted by atomic mass is 19.2. The first kappa shape index (κ1) is 11.1. The molecule has 2 aromatic rings. The molecule has 0 radical (unpaired) electrons. The van der Waals surface area contributed by atoms with Gasteiger partial charge in [0.25, 0.3) is 0 Å². The first-order chi connectivity index (χ1) is 8.11. The van der Waals surface area contributed by atoms with Crippen LogP contribution in [0.5, 0.6) is 0 Å². The molecule has 0 atom stereocenters. The van der Waals surface area contributed by atoms with Crippen molar-refractivity contribution in [2.24, 2.45) is 0 Å². The second kappa shape index (κ2) is 4.26. The monoisotopic (exact) mass is 233 g/mol. The lowest BCUT2D eigenvalue weighted by atomic mass is 10.2. The van der Waals surface area contributed by atoms with Gasteiger partial charge in [0.2, 0.25) is 0 Å². The number of aromatic nitrogens is 1. The fourth-order valence-electron chi connectivity index (χ4n) is 1.55. The fraction of sp³-hybridized carbons (Fsp3) is 0.0833. The minimum atomic E-state index is -0.895. The molecule has 2 rings (SSSR count). The quantitative estimate of drug-likeness (QED) is 0.865. The summed E-state index contributed by atoms with van der Waals surface area (Å²) in [7, 11) is 0. The summed E-state index contributed by atoms with van der Waals surface area (Å²) < 4.78 is 27.3. The number of nitrogens with zero attached hydrogens (tertiary/aromatic N) is 2. The third-order valence-corrected chi connectivity index (χ3v) is 2.46. The van der Waals surface area contributed by atoms with Crippen LogP contribution in [0.25, 0.3) is 0 Å². The van der Waals surface area contributed by atoms with Gasteiger partial charge in [-0.25, -0.2) is 8.78 Å². The van der Waals surface area contributed by atoms with Gasteiger partial charge in [-0.05, 0) is 23.8 Å². The van der Waals surface area contributed by atoms with E-state index in [1.807, 2.05) is 6.07 Å². The molecule has 2 N–H and O–H groups in total. The van der Waals surface area contributed by atoms with Crippen molar-refractivity contribution in [3.63, 3.8) is 0 Å². The molecule has 1 heterocycles. The lowest BCUT2D eigenvalue weighted by Gasteiger charge is -2.06. The van der Waals surface area contributed by atoms with Gasteiger partial charge < -0.3 is 10.3 Å². The molecular weight excluding hydrogens is 224 g/mol. The van der Waals surface area contributed by atoms with Crippen molar-refractivity contribution in [3.05, 3.63) is 53.2 Å². The van der Waals surface area contributed by atoms with Crippen LogP contribution in [0.2, 0.25) is 0 Å². The maximum absolute atomic E-state index is 13.0. The number of anilines is 1. The van der Waals surface area contributed by atoms with Crippen LogP contribution in [0.1, 0.15) is 11.1 Å². The first-order valence-corrected chi connectivity index (χ1v) is 4.90. The minimum Gasteiger partial charge on any atom is -0.384 e. The molecule has 86 valence electrons. The Balaban J connectivity index is 2.29. The maximum atomic E-state index is 13.0. The summed E-state index contributed by atoms with van der Waals surface area (Å²) in [6, 6.07) is 7.17. The van der Waals surface area contributed by atoms with Gasteiger partial charge in [0, 0.05) is 12.7 Å².